The van der Waals surface area contributed by atoms with Crippen LogP contribution >= 0.6 is 0 Å². The highest BCUT2D eigenvalue weighted by Crippen LogP contribution is 2.39. The van der Waals surface area contributed by atoms with Crippen LogP contribution in [0.3, 0.4) is 0 Å². The number of rotatable bonds is 13. The molecule has 3 aromatic rings. The second kappa shape index (κ2) is 15.0. The summed E-state index contributed by atoms with van der Waals surface area (Å²) >= 11 is 0. The molecular formula is C36H43FO4. The van der Waals surface area contributed by atoms with Gasteiger partial charge < -0.3 is 14.6 Å². The number of hydrogen-bond donors (Lipinski definition) is 1. The van der Waals surface area contributed by atoms with Crippen molar-refractivity contribution in [2.45, 2.75) is 77.7 Å². The molecule has 0 bridgehead atoms. The molecule has 1 saturated carbocycles. The summed E-state index contributed by atoms with van der Waals surface area (Å²) < 4.78 is 26.4. The molecule has 4 rings (SSSR count). The molecule has 3 aromatic carbocycles. The van der Waals surface area contributed by atoms with Crippen molar-refractivity contribution in [3.05, 3.63) is 89.8 Å². The molecule has 1 N–H and O–H groups in total. The Balaban J connectivity index is 1.48. The van der Waals surface area contributed by atoms with Gasteiger partial charge in [-0.05, 0) is 84.9 Å². The van der Waals surface area contributed by atoms with Gasteiger partial charge in [-0.15, -0.1) is 0 Å². The molecule has 218 valence electrons. The lowest BCUT2D eigenvalue weighted by molar-refractivity contribution is -0.140. The smallest absolute Gasteiger partial charge is 0.333 e. The third kappa shape index (κ3) is 8.29. The Bertz CT molecular complexity index is 1310. The Morgan fingerprint density at radius 1 is 0.951 bits per heavy atom. The van der Waals surface area contributed by atoms with Crippen LogP contribution in [-0.4, -0.2) is 24.3 Å². The predicted molar refractivity (Wildman–Crippen MR) is 163 cm³/mol. The van der Waals surface area contributed by atoms with E-state index in [-0.39, 0.29) is 25.6 Å². The normalized spacial score (nSPS) is 16.8. The van der Waals surface area contributed by atoms with Gasteiger partial charge in [-0.3, -0.25) is 0 Å². The molecule has 0 aromatic heterocycles. The van der Waals surface area contributed by atoms with E-state index in [0.29, 0.717) is 33.9 Å². The third-order valence-electron chi connectivity index (χ3n) is 8.18. The maximum absolute atomic E-state index is 15.5. The minimum atomic E-state index is -0.498. The molecule has 1 aliphatic rings. The van der Waals surface area contributed by atoms with E-state index in [1.165, 1.54) is 63.0 Å². The van der Waals surface area contributed by atoms with Crippen molar-refractivity contribution in [1.82, 2.24) is 0 Å². The molecule has 0 amide bonds. The number of aliphatic hydroxyl groups is 1. The molecule has 41 heavy (non-hydrogen) atoms. The molecular weight excluding hydrogens is 515 g/mol. The largest absolute Gasteiger partial charge is 0.491 e. The standard InChI is InChI=1S/C36H43FO4/c1-4-5-6-7-26-8-10-27(11-9-26)28-12-14-29(15-13-28)34-18-16-30(23-35(34)37)33-19-17-32(40-21-20-38)22-31(33)24-41-36(39)25(2)3/h12-19,22-23,26-27,38H,2,4-11,20-21,24H2,1,3H3. The van der Waals surface area contributed by atoms with Gasteiger partial charge in [-0.2, -0.15) is 0 Å². The van der Waals surface area contributed by atoms with Crippen LogP contribution in [0.4, 0.5) is 4.39 Å². The molecule has 1 fully saturated rings. The highest BCUT2D eigenvalue weighted by atomic mass is 19.1. The van der Waals surface area contributed by atoms with Gasteiger partial charge in [0.05, 0.1) is 6.61 Å². The number of carbonyl (C=O) groups excluding carboxylic acids is 1. The molecule has 1 aliphatic carbocycles. The van der Waals surface area contributed by atoms with Crippen molar-refractivity contribution in [3.8, 4) is 28.0 Å². The van der Waals surface area contributed by atoms with Crippen LogP contribution in [0.25, 0.3) is 22.3 Å². The number of hydrogen-bond acceptors (Lipinski definition) is 4. The average Bonchev–Trinajstić information content (AvgIpc) is 2.99. The summed E-state index contributed by atoms with van der Waals surface area (Å²) in [6.45, 7) is 7.50. The Kier molecular flexibility index (Phi) is 11.1. The fourth-order valence-electron chi connectivity index (χ4n) is 5.81. The molecule has 0 radical (unpaired) electrons. The SMILES string of the molecule is C=C(C)C(=O)OCc1cc(OCCO)ccc1-c1ccc(-c2ccc(C3CCC(CCCCC)CC3)cc2)c(F)c1. The first-order chi connectivity index (χ1) is 19.9. The molecule has 0 aliphatic heterocycles. The minimum Gasteiger partial charge on any atom is -0.491 e. The third-order valence-corrected chi connectivity index (χ3v) is 8.18. The Hall–Kier alpha value is -3.44. The topological polar surface area (TPSA) is 55.8 Å². The zero-order valence-corrected chi connectivity index (χ0v) is 24.5. The van der Waals surface area contributed by atoms with Crippen LogP contribution in [0, 0.1) is 11.7 Å². The summed E-state index contributed by atoms with van der Waals surface area (Å²) in [5.74, 6) is 1.20. The molecule has 0 unspecified atom stereocenters. The van der Waals surface area contributed by atoms with Crippen molar-refractivity contribution in [3.63, 3.8) is 0 Å². The van der Waals surface area contributed by atoms with Crippen molar-refractivity contribution in [2.24, 2.45) is 5.92 Å². The van der Waals surface area contributed by atoms with Crippen LogP contribution < -0.4 is 4.74 Å². The Morgan fingerprint density at radius 2 is 1.66 bits per heavy atom. The number of aliphatic hydroxyl groups excluding tert-OH is 1. The van der Waals surface area contributed by atoms with Crippen molar-refractivity contribution in [1.29, 1.82) is 0 Å². The van der Waals surface area contributed by atoms with Crippen LogP contribution in [0.15, 0.2) is 72.8 Å². The van der Waals surface area contributed by atoms with E-state index in [0.717, 1.165) is 17.0 Å². The van der Waals surface area contributed by atoms with E-state index in [1.807, 2.05) is 24.3 Å². The highest BCUT2D eigenvalue weighted by molar-refractivity contribution is 5.87. The van der Waals surface area contributed by atoms with Crippen LogP contribution in [0.1, 0.15) is 82.3 Å². The monoisotopic (exact) mass is 558 g/mol. The van der Waals surface area contributed by atoms with Gasteiger partial charge in [0.2, 0.25) is 0 Å². The van der Waals surface area contributed by atoms with Crippen molar-refractivity contribution >= 4 is 5.97 Å². The average molecular weight is 559 g/mol. The number of halogens is 1. The fourth-order valence-corrected chi connectivity index (χ4v) is 5.81. The zero-order valence-electron chi connectivity index (χ0n) is 24.5. The van der Waals surface area contributed by atoms with Gasteiger partial charge in [0.15, 0.2) is 0 Å². The van der Waals surface area contributed by atoms with E-state index in [4.69, 9.17) is 14.6 Å². The predicted octanol–water partition coefficient (Wildman–Crippen LogP) is 9.00. The summed E-state index contributed by atoms with van der Waals surface area (Å²) in [6.07, 6.45) is 10.5. The summed E-state index contributed by atoms with van der Waals surface area (Å²) in [5.41, 5.74) is 5.15. The first-order valence-electron chi connectivity index (χ1n) is 15.0. The van der Waals surface area contributed by atoms with Gasteiger partial charge in [0, 0.05) is 16.7 Å². The second-order valence-corrected chi connectivity index (χ2v) is 11.3. The summed E-state index contributed by atoms with van der Waals surface area (Å²) in [7, 11) is 0. The first kappa shape index (κ1) is 30.5. The Morgan fingerprint density at radius 3 is 2.32 bits per heavy atom. The van der Waals surface area contributed by atoms with Crippen LogP contribution in [0.2, 0.25) is 0 Å². The maximum Gasteiger partial charge on any atom is 0.333 e. The van der Waals surface area contributed by atoms with E-state index in [2.05, 4.69) is 25.6 Å². The van der Waals surface area contributed by atoms with Crippen LogP contribution in [0.5, 0.6) is 5.75 Å². The lowest BCUT2D eigenvalue weighted by Gasteiger charge is -2.29. The highest BCUT2D eigenvalue weighted by Gasteiger charge is 2.22. The first-order valence-corrected chi connectivity index (χ1v) is 15.0. The van der Waals surface area contributed by atoms with Crippen molar-refractivity contribution in [2.75, 3.05) is 13.2 Å². The van der Waals surface area contributed by atoms with Crippen molar-refractivity contribution < 1.29 is 23.8 Å². The second-order valence-electron chi connectivity index (χ2n) is 11.3. The van der Waals surface area contributed by atoms with Gasteiger partial charge in [0.1, 0.15) is 24.8 Å². The number of benzene rings is 3. The molecule has 0 atom stereocenters. The van der Waals surface area contributed by atoms with E-state index in [9.17, 15) is 4.79 Å². The molecule has 4 nitrogen and oxygen atoms in total. The van der Waals surface area contributed by atoms with Gasteiger partial charge in [-0.1, -0.05) is 81.7 Å². The maximum atomic E-state index is 15.5. The van der Waals surface area contributed by atoms with Gasteiger partial charge in [-0.25, -0.2) is 9.18 Å². The number of ether oxygens (including phenoxy) is 2. The van der Waals surface area contributed by atoms with Gasteiger partial charge >= 0.3 is 5.97 Å². The van der Waals surface area contributed by atoms with Gasteiger partial charge in [0.25, 0.3) is 0 Å². The van der Waals surface area contributed by atoms with E-state index >= 15 is 4.39 Å². The zero-order chi connectivity index (χ0) is 29.2. The molecule has 5 heteroatoms. The van der Waals surface area contributed by atoms with E-state index < -0.39 is 5.97 Å². The molecule has 0 saturated heterocycles. The number of esters is 1. The lowest BCUT2D eigenvalue weighted by atomic mass is 9.77. The minimum absolute atomic E-state index is 0.0111. The number of unbranched alkanes of at least 4 members (excludes halogenated alkanes) is 2. The number of carbonyl (C=O) groups is 1. The fraction of sp³-hybridized carbons (Fsp3) is 0.417. The lowest BCUT2D eigenvalue weighted by Crippen LogP contribution is -2.13. The quantitative estimate of drug-likeness (QED) is 0.129. The Labute approximate surface area is 244 Å². The summed E-state index contributed by atoms with van der Waals surface area (Å²) in [6, 6.07) is 19.0. The summed E-state index contributed by atoms with van der Waals surface area (Å²) in [4.78, 5) is 12.0. The van der Waals surface area contributed by atoms with E-state index in [1.54, 1.807) is 25.1 Å². The molecule has 0 heterocycles. The molecule has 0 spiro atoms. The summed E-state index contributed by atoms with van der Waals surface area (Å²) in [5, 5.41) is 9.10. The van der Waals surface area contributed by atoms with Crippen LogP contribution in [-0.2, 0) is 16.1 Å².